The monoisotopic (exact) mass is 587 g/mol. The van der Waals surface area contributed by atoms with Crippen molar-refractivity contribution in [3.8, 4) is 0 Å². The van der Waals surface area contributed by atoms with Crippen molar-refractivity contribution in [2.24, 2.45) is 4.99 Å². The second-order valence-electron chi connectivity index (χ2n) is 11.2. The third kappa shape index (κ3) is 9.24. The number of rotatable bonds is 12. The maximum atomic E-state index is 5.09. The van der Waals surface area contributed by atoms with Gasteiger partial charge in [0, 0.05) is 5.57 Å². The standard InChI is InChI=1S/C44H45N/c1-7-20-43(44(31-34(4)38-22-12-9-13-23-38)45-36(6)39-24-14-10-15-25-39)35(5)33(3)21-18-28-37(8-2)41-29-19-30-42(32-41)40-26-16-11-17-27-40/h7,9-10,12-16,18-32H,3,6,8,11,17H2,1-2,4-5H3/b20-7-,21-18-,34-31+,37-28+,43-35-,45-44?. The molecule has 1 aliphatic carbocycles. The highest BCUT2D eigenvalue weighted by Gasteiger charge is 2.11. The van der Waals surface area contributed by atoms with Gasteiger partial charge in [0.2, 0.25) is 0 Å². The number of hydrogen-bond donors (Lipinski definition) is 0. The average Bonchev–Trinajstić information content (AvgIpc) is 3.09. The summed E-state index contributed by atoms with van der Waals surface area (Å²) in [6, 6.07) is 29.4. The van der Waals surface area contributed by atoms with Crippen LogP contribution in [0.4, 0.5) is 0 Å². The molecule has 0 radical (unpaired) electrons. The zero-order valence-electron chi connectivity index (χ0n) is 27.3. The topological polar surface area (TPSA) is 12.4 Å². The lowest BCUT2D eigenvalue weighted by molar-refractivity contribution is 1.04. The molecule has 0 unspecified atom stereocenters. The van der Waals surface area contributed by atoms with Crippen LogP contribution >= 0.6 is 0 Å². The van der Waals surface area contributed by atoms with Gasteiger partial charge in [-0.25, -0.2) is 4.99 Å². The van der Waals surface area contributed by atoms with Gasteiger partial charge < -0.3 is 0 Å². The maximum absolute atomic E-state index is 5.09. The number of allylic oxidation sites excluding steroid dienone is 15. The van der Waals surface area contributed by atoms with Crippen molar-refractivity contribution < 1.29 is 0 Å². The molecule has 4 rings (SSSR count). The molecule has 0 N–H and O–H groups in total. The molecular formula is C44H45N. The van der Waals surface area contributed by atoms with E-state index in [9.17, 15) is 0 Å². The Hall–Kier alpha value is -5.01. The summed E-state index contributed by atoms with van der Waals surface area (Å²) >= 11 is 0. The summed E-state index contributed by atoms with van der Waals surface area (Å²) in [6.45, 7) is 17.3. The van der Waals surface area contributed by atoms with Crippen molar-refractivity contribution in [1.82, 2.24) is 0 Å². The number of nitrogens with zero attached hydrogens (tertiary/aromatic N) is 1. The highest BCUT2D eigenvalue weighted by molar-refractivity contribution is 6.16. The van der Waals surface area contributed by atoms with Crippen molar-refractivity contribution >= 4 is 28.1 Å². The fourth-order valence-electron chi connectivity index (χ4n) is 5.29. The Morgan fingerprint density at radius 1 is 0.822 bits per heavy atom. The second kappa shape index (κ2) is 16.7. The van der Waals surface area contributed by atoms with Crippen molar-refractivity contribution in [2.45, 2.75) is 47.0 Å². The Balaban J connectivity index is 1.69. The van der Waals surface area contributed by atoms with Crippen LogP contribution in [0.5, 0.6) is 0 Å². The van der Waals surface area contributed by atoms with Crippen LogP contribution in [0.2, 0.25) is 0 Å². The molecule has 0 atom stereocenters. The molecule has 0 aliphatic heterocycles. The van der Waals surface area contributed by atoms with Crippen LogP contribution in [0, 0.1) is 0 Å². The summed E-state index contributed by atoms with van der Waals surface area (Å²) in [6.07, 6.45) is 22.8. The molecule has 1 aliphatic rings. The molecular weight excluding hydrogens is 542 g/mol. The van der Waals surface area contributed by atoms with Crippen LogP contribution in [0.15, 0.2) is 174 Å². The molecule has 45 heavy (non-hydrogen) atoms. The van der Waals surface area contributed by atoms with Gasteiger partial charge in [-0.05, 0) is 102 Å². The Labute approximate surface area is 271 Å². The molecule has 0 bridgehead atoms. The summed E-state index contributed by atoms with van der Waals surface area (Å²) in [5.74, 6) is 0. The van der Waals surface area contributed by atoms with Crippen molar-refractivity contribution in [2.75, 3.05) is 0 Å². The normalized spacial score (nSPS) is 14.9. The predicted octanol–water partition coefficient (Wildman–Crippen LogP) is 12.4. The number of aliphatic imine (C=N–C) groups is 1. The Morgan fingerprint density at radius 2 is 1.51 bits per heavy atom. The van der Waals surface area contributed by atoms with Crippen molar-refractivity contribution in [3.63, 3.8) is 0 Å². The molecule has 0 spiro atoms. The van der Waals surface area contributed by atoms with E-state index in [2.05, 4.69) is 137 Å². The SMILES string of the molecule is C=C(/C=C\C=C(/CC)c1cccc(C2=CCCC=C2)c1)/C(C)=C(/C=C\C)C(/C=C(\C)c1ccccc1)=NC(=C)c1ccccc1. The molecule has 0 saturated heterocycles. The predicted molar refractivity (Wildman–Crippen MR) is 200 cm³/mol. The van der Waals surface area contributed by atoms with Gasteiger partial charge in [0.1, 0.15) is 0 Å². The highest BCUT2D eigenvalue weighted by atomic mass is 14.8. The van der Waals surface area contributed by atoms with Gasteiger partial charge in [0.25, 0.3) is 0 Å². The lowest BCUT2D eigenvalue weighted by Crippen LogP contribution is -2.03. The summed E-state index contributed by atoms with van der Waals surface area (Å²) in [5.41, 5.74) is 13.0. The molecule has 1 heteroatoms. The number of benzene rings is 3. The minimum atomic E-state index is 0.718. The van der Waals surface area contributed by atoms with Gasteiger partial charge >= 0.3 is 0 Å². The van der Waals surface area contributed by atoms with Gasteiger partial charge in [-0.1, -0.05) is 148 Å². The van der Waals surface area contributed by atoms with Crippen molar-refractivity contribution in [3.05, 3.63) is 192 Å². The second-order valence-corrected chi connectivity index (χ2v) is 11.2. The van der Waals surface area contributed by atoms with E-state index < -0.39 is 0 Å². The highest BCUT2D eigenvalue weighted by Crippen LogP contribution is 2.27. The molecule has 0 amide bonds. The summed E-state index contributed by atoms with van der Waals surface area (Å²) < 4.78 is 0. The Morgan fingerprint density at radius 3 is 2.16 bits per heavy atom. The van der Waals surface area contributed by atoms with Crippen LogP contribution in [-0.2, 0) is 0 Å². The van der Waals surface area contributed by atoms with Crippen LogP contribution in [0.1, 0.15) is 69.2 Å². The van der Waals surface area contributed by atoms with E-state index in [-0.39, 0.29) is 0 Å². The van der Waals surface area contributed by atoms with E-state index in [0.717, 1.165) is 64.1 Å². The van der Waals surface area contributed by atoms with Crippen LogP contribution in [0.3, 0.4) is 0 Å². The maximum Gasteiger partial charge on any atom is 0.0714 e. The fourth-order valence-corrected chi connectivity index (χ4v) is 5.29. The largest absolute Gasteiger partial charge is 0.248 e. The van der Waals surface area contributed by atoms with Crippen molar-refractivity contribution in [1.29, 1.82) is 0 Å². The van der Waals surface area contributed by atoms with Crippen LogP contribution < -0.4 is 0 Å². The lowest BCUT2D eigenvalue weighted by Gasteiger charge is -2.13. The number of hydrogen-bond acceptors (Lipinski definition) is 1. The molecule has 3 aromatic carbocycles. The minimum Gasteiger partial charge on any atom is -0.248 e. The van der Waals surface area contributed by atoms with Gasteiger partial charge in [0.15, 0.2) is 0 Å². The van der Waals surface area contributed by atoms with E-state index in [1.807, 2.05) is 43.3 Å². The van der Waals surface area contributed by atoms with Crippen LogP contribution in [0.25, 0.3) is 22.4 Å². The van der Waals surface area contributed by atoms with Gasteiger partial charge in [-0.2, -0.15) is 0 Å². The average molecular weight is 588 g/mol. The van der Waals surface area contributed by atoms with Gasteiger partial charge in [-0.3, -0.25) is 0 Å². The van der Waals surface area contributed by atoms with E-state index in [4.69, 9.17) is 4.99 Å². The first kappa shape index (κ1) is 32.9. The first-order chi connectivity index (χ1) is 21.9. The van der Waals surface area contributed by atoms with E-state index in [0.29, 0.717) is 0 Å². The zero-order valence-corrected chi connectivity index (χ0v) is 27.3. The Kier molecular flexibility index (Phi) is 12.2. The molecule has 3 aromatic rings. The first-order valence-electron chi connectivity index (χ1n) is 15.9. The van der Waals surface area contributed by atoms with Gasteiger partial charge in [-0.15, -0.1) is 0 Å². The van der Waals surface area contributed by atoms with Crippen LogP contribution in [-0.4, -0.2) is 5.71 Å². The quantitative estimate of drug-likeness (QED) is 0.148. The van der Waals surface area contributed by atoms with E-state index in [1.54, 1.807) is 0 Å². The lowest BCUT2D eigenvalue weighted by atomic mass is 9.94. The third-order valence-electron chi connectivity index (χ3n) is 7.98. The molecule has 0 saturated carbocycles. The molecule has 0 heterocycles. The minimum absolute atomic E-state index is 0.718. The summed E-state index contributed by atoms with van der Waals surface area (Å²) in [5, 5.41) is 0. The third-order valence-corrected chi connectivity index (χ3v) is 7.98. The fraction of sp³-hybridized carbons (Fsp3) is 0.159. The molecule has 0 fully saturated rings. The van der Waals surface area contributed by atoms with Gasteiger partial charge in [0.05, 0.1) is 11.4 Å². The smallest absolute Gasteiger partial charge is 0.0714 e. The van der Waals surface area contributed by atoms with E-state index in [1.165, 1.54) is 22.3 Å². The summed E-state index contributed by atoms with van der Waals surface area (Å²) in [4.78, 5) is 5.09. The summed E-state index contributed by atoms with van der Waals surface area (Å²) in [7, 11) is 0. The molecule has 226 valence electrons. The molecule has 1 nitrogen and oxygen atoms in total. The Bertz CT molecular complexity index is 1750. The zero-order chi connectivity index (χ0) is 32.0. The first-order valence-corrected chi connectivity index (χ1v) is 15.9. The van der Waals surface area contributed by atoms with E-state index >= 15 is 0 Å². The molecule has 0 aromatic heterocycles.